The van der Waals surface area contributed by atoms with Crippen molar-refractivity contribution < 1.29 is 19.2 Å². The number of carbonyl (C=O) groups excluding carboxylic acids is 2. The zero-order valence-corrected chi connectivity index (χ0v) is 8.69. The molecule has 0 aromatic heterocycles. The summed E-state index contributed by atoms with van der Waals surface area (Å²) in [5.74, 6) is -1.14. The second-order valence-electron chi connectivity index (χ2n) is 2.96. The van der Waals surface area contributed by atoms with Crippen molar-refractivity contribution >= 4 is 11.8 Å². The summed E-state index contributed by atoms with van der Waals surface area (Å²) in [6.07, 6.45) is 1.17. The van der Waals surface area contributed by atoms with Crippen molar-refractivity contribution in [2.24, 2.45) is 11.5 Å². The smallest absolute Gasteiger partial charge is 0.260 e. The summed E-state index contributed by atoms with van der Waals surface area (Å²) in [6.45, 7) is 0.180. The molecule has 7 heteroatoms. The number of nitrogens with two attached hydrogens (primary N) is 2. The molecular formula is C8H17N3O4. The summed E-state index contributed by atoms with van der Waals surface area (Å²) in [5.41, 5.74) is 12.3. The Balaban J connectivity index is 3.55. The van der Waals surface area contributed by atoms with Crippen LogP contribution in [0.15, 0.2) is 0 Å². The summed E-state index contributed by atoms with van der Waals surface area (Å²) in [4.78, 5) is 25.9. The van der Waals surface area contributed by atoms with E-state index in [4.69, 9.17) is 16.2 Å². The van der Waals surface area contributed by atoms with E-state index in [9.17, 15) is 9.59 Å². The van der Waals surface area contributed by atoms with Crippen LogP contribution in [0, 0.1) is 0 Å². The Bertz CT molecular complexity index is 210. The van der Waals surface area contributed by atoms with Gasteiger partial charge in [-0.3, -0.25) is 14.4 Å². The van der Waals surface area contributed by atoms with Gasteiger partial charge >= 0.3 is 0 Å². The number of hydroxylamine groups is 1. The van der Waals surface area contributed by atoms with E-state index in [1.807, 2.05) is 5.48 Å². The van der Waals surface area contributed by atoms with Crippen molar-refractivity contribution in [2.45, 2.75) is 18.9 Å². The molecule has 2 amide bonds. The number of amides is 2. The van der Waals surface area contributed by atoms with Gasteiger partial charge in [0.1, 0.15) is 0 Å². The van der Waals surface area contributed by atoms with Crippen LogP contribution < -0.4 is 16.9 Å². The minimum absolute atomic E-state index is 0.365. The summed E-state index contributed by atoms with van der Waals surface area (Å²) in [7, 11) is 1.57. The van der Waals surface area contributed by atoms with Gasteiger partial charge in [-0.2, -0.15) is 0 Å². The van der Waals surface area contributed by atoms with Gasteiger partial charge < -0.3 is 16.2 Å². The molecule has 1 atom stereocenters. The highest BCUT2D eigenvalue weighted by Crippen LogP contribution is 1.94. The zero-order chi connectivity index (χ0) is 11.7. The summed E-state index contributed by atoms with van der Waals surface area (Å²) in [6, 6.07) is -0.673. The van der Waals surface area contributed by atoms with Gasteiger partial charge in [-0.1, -0.05) is 0 Å². The molecular weight excluding hydrogens is 202 g/mol. The molecule has 0 bridgehead atoms. The van der Waals surface area contributed by atoms with E-state index in [1.165, 1.54) is 0 Å². The van der Waals surface area contributed by atoms with Gasteiger partial charge in [-0.05, 0) is 12.8 Å². The molecule has 1 unspecified atom stereocenters. The maximum Gasteiger partial charge on any atom is 0.260 e. The molecule has 0 aliphatic heterocycles. The van der Waals surface area contributed by atoms with Gasteiger partial charge in [0.25, 0.3) is 5.91 Å². The van der Waals surface area contributed by atoms with E-state index >= 15 is 0 Å². The first-order valence-electron chi connectivity index (χ1n) is 4.52. The molecule has 0 aromatic carbocycles. The van der Waals surface area contributed by atoms with Gasteiger partial charge in [0.05, 0.1) is 6.04 Å². The molecule has 5 N–H and O–H groups in total. The summed E-state index contributed by atoms with van der Waals surface area (Å²) >= 11 is 0. The van der Waals surface area contributed by atoms with Crippen molar-refractivity contribution in [1.29, 1.82) is 0 Å². The molecule has 88 valence electrons. The van der Waals surface area contributed by atoms with Gasteiger partial charge in [0.15, 0.2) is 6.61 Å². The lowest BCUT2D eigenvalue weighted by molar-refractivity contribution is -0.139. The molecule has 0 saturated heterocycles. The highest BCUT2D eigenvalue weighted by molar-refractivity contribution is 5.81. The third-order valence-corrected chi connectivity index (χ3v) is 1.59. The predicted octanol–water partition coefficient (Wildman–Crippen LogP) is -1.73. The summed E-state index contributed by atoms with van der Waals surface area (Å²) in [5, 5.41) is 0. The molecule has 7 nitrogen and oxygen atoms in total. The number of rotatable bonds is 8. The predicted molar refractivity (Wildman–Crippen MR) is 52.4 cm³/mol. The van der Waals surface area contributed by atoms with E-state index in [-0.39, 0.29) is 6.61 Å². The molecule has 0 radical (unpaired) electrons. The van der Waals surface area contributed by atoms with Gasteiger partial charge in [0.2, 0.25) is 5.91 Å². The van der Waals surface area contributed by atoms with Crippen LogP contribution in [0.1, 0.15) is 12.8 Å². The molecule has 0 rings (SSSR count). The molecule has 0 spiro atoms. The highest BCUT2D eigenvalue weighted by Gasteiger charge is 2.12. The van der Waals surface area contributed by atoms with Crippen molar-refractivity contribution in [3.8, 4) is 0 Å². The number of primary amides is 1. The Hall–Kier alpha value is -1.18. The maximum atomic E-state index is 11.2. The monoisotopic (exact) mass is 219 g/mol. The zero-order valence-electron chi connectivity index (χ0n) is 8.69. The number of methoxy groups -OCH3 is 1. The van der Waals surface area contributed by atoms with Crippen molar-refractivity contribution in [2.75, 3.05) is 20.3 Å². The molecule has 0 aliphatic carbocycles. The number of carbonyl (C=O) groups is 2. The first-order chi connectivity index (χ1) is 7.07. The SMILES string of the molecule is COCCCC(N)C(=O)NOCC(N)=O. The van der Waals surface area contributed by atoms with Crippen molar-refractivity contribution in [3.05, 3.63) is 0 Å². The lowest BCUT2D eigenvalue weighted by Crippen LogP contribution is -2.41. The fourth-order valence-electron chi connectivity index (χ4n) is 0.833. The Morgan fingerprint density at radius 1 is 1.47 bits per heavy atom. The topological polar surface area (TPSA) is 117 Å². The minimum Gasteiger partial charge on any atom is -0.385 e. The van der Waals surface area contributed by atoms with E-state index in [0.717, 1.165) is 0 Å². The molecule has 15 heavy (non-hydrogen) atoms. The van der Waals surface area contributed by atoms with Crippen molar-refractivity contribution in [1.82, 2.24) is 5.48 Å². The second kappa shape index (κ2) is 8.16. The standard InChI is InChI=1S/C8H17N3O4/c1-14-4-2-3-6(9)8(13)11-15-5-7(10)12/h6H,2-5,9H2,1H3,(H2,10,12)(H,11,13). The fraction of sp³-hybridized carbons (Fsp3) is 0.750. The van der Waals surface area contributed by atoms with Gasteiger partial charge in [-0.25, -0.2) is 5.48 Å². The van der Waals surface area contributed by atoms with E-state index in [0.29, 0.717) is 19.4 Å². The van der Waals surface area contributed by atoms with Gasteiger partial charge in [-0.15, -0.1) is 0 Å². The van der Waals surface area contributed by atoms with Crippen LogP contribution in [0.2, 0.25) is 0 Å². The Kier molecular flexibility index (Phi) is 7.51. The average Bonchev–Trinajstić information content (AvgIpc) is 2.17. The second-order valence-corrected chi connectivity index (χ2v) is 2.96. The van der Waals surface area contributed by atoms with E-state index < -0.39 is 17.9 Å². The number of nitrogens with one attached hydrogen (secondary N) is 1. The van der Waals surface area contributed by atoms with Crippen LogP contribution >= 0.6 is 0 Å². The van der Waals surface area contributed by atoms with Crippen LogP contribution in [0.4, 0.5) is 0 Å². The van der Waals surface area contributed by atoms with Crippen LogP contribution in [-0.4, -0.2) is 38.2 Å². The number of hydrogen-bond acceptors (Lipinski definition) is 5. The van der Waals surface area contributed by atoms with Crippen LogP contribution in [0.5, 0.6) is 0 Å². The Labute approximate surface area is 88.0 Å². The normalized spacial score (nSPS) is 12.1. The Morgan fingerprint density at radius 2 is 2.13 bits per heavy atom. The lowest BCUT2D eigenvalue weighted by atomic mass is 10.2. The molecule has 0 aromatic rings. The molecule has 0 fully saturated rings. The van der Waals surface area contributed by atoms with Crippen LogP contribution in [0.25, 0.3) is 0 Å². The first kappa shape index (κ1) is 13.8. The number of hydrogen-bond donors (Lipinski definition) is 3. The van der Waals surface area contributed by atoms with Gasteiger partial charge in [0, 0.05) is 13.7 Å². The van der Waals surface area contributed by atoms with E-state index in [1.54, 1.807) is 7.11 Å². The molecule has 0 saturated carbocycles. The number of ether oxygens (including phenoxy) is 1. The molecule has 0 aliphatic rings. The average molecular weight is 219 g/mol. The van der Waals surface area contributed by atoms with E-state index in [2.05, 4.69) is 4.84 Å². The highest BCUT2D eigenvalue weighted by atomic mass is 16.7. The molecule has 0 heterocycles. The maximum absolute atomic E-state index is 11.2. The summed E-state index contributed by atoms with van der Waals surface area (Å²) < 4.78 is 4.80. The van der Waals surface area contributed by atoms with Crippen LogP contribution in [-0.2, 0) is 19.2 Å². The lowest BCUT2D eigenvalue weighted by Gasteiger charge is -2.10. The fourth-order valence-corrected chi connectivity index (χ4v) is 0.833. The van der Waals surface area contributed by atoms with Crippen LogP contribution in [0.3, 0.4) is 0 Å². The first-order valence-corrected chi connectivity index (χ1v) is 4.52. The third-order valence-electron chi connectivity index (χ3n) is 1.59. The quantitative estimate of drug-likeness (QED) is 0.331. The third kappa shape index (κ3) is 7.86. The Morgan fingerprint density at radius 3 is 2.67 bits per heavy atom. The minimum atomic E-state index is -0.673. The largest absolute Gasteiger partial charge is 0.385 e. The van der Waals surface area contributed by atoms with Crippen molar-refractivity contribution in [3.63, 3.8) is 0 Å².